The SMILES string of the molecule is CN1CCC(NC(=O)c2cc3cc(N)ccc3s2)C1. The molecule has 0 aliphatic carbocycles. The molecular formula is C14H17N3OS. The van der Waals surface area contributed by atoms with E-state index in [2.05, 4.69) is 17.3 Å². The average Bonchev–Trinajstić information content (AvgIpc) is 2.95. The number of carbonyl (C=O) groups excluding carboxylic acids is 1. The van der Waals surface area contributed by atoms with E-state index in [0.717, 1.165) is 40.2 Å². The first kappa shape index (κ1) is 12.4. The number of anilines is 1. The summed E-state index contributed by atoms with van der Waals surface area (Å²) in [4.78, 5) is 15.2. The zero-order valence-corrected chi connectivity index (χ0v) is 11.7. The van der Waals surface area contributed by atoms with E-state index in [4.69, 9.17) is 5.73 Å². The number of hydrogen-bond acceptors (Lipinski definition) is 4. The third kappa shape index (κ3) is 2.57. The Morgan fingerprint density at radius 3 is 3.05 bits per heavy atom. The van der Waals surface area contributed by atoms with Crippen molar-refractivity contribution >= 4 is 33.0 Å². The van der Waals surface area contributed by atoms with Crippen LogP contribution in [0.15, 0.2) is 24.3 Å². The van der Waals surface area contributed by atoms with Gasteiger partial charge in [0.15, 0.2) is 0 Å². The molecule has 1 fully saturated rings. The van der Waals surface area contributed by atoms with Gasteiger partial charge in [0.1, 0.15) is 0 Å². The van der Waals surface area contributed by atoms with Crippen molar-refractivity contribution in [3.63, 3.8) is 0 Å². The van der Waals surface area contributed by atoms with Crippen LogP contribution in [0.2, 0.25) is 0 Å². The van der Waals surface area contributed by atoms with Crippen molar-refractivity contribution in [2.75, 3.05) is 25.9 Å². The Hall–Kier alpha value is -1.59. The molecule has 0 radical (unpaired) electrons. The highest BCUT2D eigenvalue weighted by atomic mass is 32.1. The summed E-state index contributed by atoms with van der Waals surface area (Å²) in [6.07, 6.45) is 1.03. The summed E-state index contributed by atoms with van der Waals surface area (Å²) in [6, 6.07) is 7.94. The second-order valence-corrected chi connectivity index (χ2v) is 6.21. The van der Waals surface area contributed by atoms with Gasteiger partial charge in [-0.3, -0.25) is 4.79 Å². The van der Waals surface area contributed by atoms with Gasteiger partial charge in [-0.15, -0.1) is 11.3 Å². The van der Waals surface area contributed by atoms with Crippen LogP contribution in [0.5, 0.6) is 0 Å². The van der Waals surface area contributed by atoms with Gasteiger partial charge < -0.3 is 16.0 Å². The molecule has 1 aromatic heterocycles. The quantitative estimate of drug-likeness (QED) is 0.823. The fraction of sp³-hybridized carbons (Fsp3) is 0.357. The Morgan fingerprint density at radius 1 is 1.47 bits per heavy atom. The fourth-order valence-corrected chi connectivity index (χ4v) is 3.43. The monoisotopic (exact) mass is 275 g/mol. The van der Waals surface area contributed by atoms with Gasteiger partial charge in [0.05, 0.1) is 4.88 Å². The maximum absolute atomic E-state index is 12.2. The Morgan fingerprint density at radius 2 is 2.32 bits per heavy atom. The molecule has 0 spiro atoms. The van der Waals surface area contributed by atoms with Crippen LogP contribution in [0.1, 0.15) is 16.1 Å². The molecule has 2 aromatic rings. The number of nitrogens with zero attached hydrogens (tertiary/aromatic N) is 1. The fourth-order valence-electron chi connectivity index (χ4n) is 2.48. The normalized spacial score (nSPS) is 19.9. The third-order valence-corrected chi connectivity index (χ3v) is 4.61. The van der Waals surface area contributed by atoms with Crippen LogP contribution in [0.3, 0.4) is 0 Å². The molecule has 3 rings (SSSR count). The van der Waals surface area contributed by atoms with Crippen LogP contribution < -0.4 is 11.1 Å². The van der Waals surface area contributed by atoms with E-state index in [0.29, 0.717) is 0 Å². The molecule has 3 N–H and O–H groups in total. The molecule has 1 aromatic carbocycles. The minimum atomic E-state index is 0.0278. The number of fused-ring (bicyclic) bond motifs is 1. The Labute approximate surface area is 116 Å². The number of likely N-dealkylation sites (N-methyl/N-ethyl adjacent to an activating group) is 1. The number of nitrogen functional groups attached to an aromatic ring is 1. The van der Waals surface area contributed by atoms with E-state index in [1.165, 1.54) is 11.3 Å². The maximum atomic E-state index is 12.2. The molecular weight excluding hydrogens is 258 g/mol. The van der Waals surface area contributed by atoms with E-state index in [1.807, 2.05) is 24.3 Å². The molecule has 0 bridgehead atoms. The van der Waals surface area contributed by atoms with Gasteiger partial charge in [-0.25, -0.2) is 0 Å². The van der Waals surface area contributed by atoms with Crippen LogP contribution in [-0.4, -0.2) is 37.0 Å². The molecule has 1 unspecified atom stereocenters. The predicted octanol–water partition coefficient (Wildman–Crippen LogP) is 1.92. The van der Waals surface area contributed by atoms with Crippen molar-refractivity contribution in [2.45, 2.75) is 12.5 Å². The molecule has 0 saturated carbocycles. The third-order valence-electron chi connectivity index (χ3n) is 3.49. The van der Waals surface area contributed by atoms with Crippen molar-refractivity contribution < 1.29 is 4.79 Å². The summed E-state index contributed by atoms with van der Waals surface area (Å²) < 4.78 is 1.10. The molecule has 19 heavy (non-hydrogen) atoms. The van der Waals surface area contributed by atoms with Crippen LogP contribution in [0, 0.1) is 0 Å². The van der Waals surface area contributed by atoms with Crippen molar-refractivity contribution in [1.82, 2.24) is 10.2 Å². The minimum absolute atomic E-state index is 0.0278. The predicted molar refractivity (Wildman–Crippen MR) is 79.6 cm³/mol. The van der Waals surface area contributed by atoms with E-state index >= 15 is 0 Å². The Bertz CT molecular complexity index is 622. The lowest BCUT2D eigenvalue weighted by atomic mass is 10.2. The lowest BCUT2D eigenvalue weighted by molar-refractivity contribution is 0.0942. The summed E-state index contributed by atoms with van der Waals surface area (Å²) in [6.45, 7) is 1.98. The molecule has 5 heteroatoms. The molecule has 1 aliphatic rings. The molecule has 1 saturated heterocycles. The van der Waals surface area contributed by atoms with E-state index in [9.17, 15) is 4.79 Å². The molecule has 2 heterocycles. The summed E-state index contributed by atoms with van der Waals surface area (Å²) in [5.74, 6) is 0.0278. The number of rotatable bonds is 2. The first-order chi connectivity index (χ1) is 9.11. The van der Waals surface area contributed by atoms with E-state index in [1.54, 1.807) is 0 Å². The highest BCUT2D eigenvalue weighted by molar-refractivity contribution is 7.20. The van der Waals surface area contributed by atoms with E-state index in [-0.39, 0.29) is 11.9 Å². The Kier molecular flexibility index (Phi) is 3.16. The lowest BCUT2D eigenvalue weighted by Gasteiger charge is -2.11. The first-order valence-corrected chi connectivity index (χ1v) is 7.22. The van der Waals surface area contributed by atoms with Gasteiger partial charge in [-0.05, 0) is 49.7 Å². The zero-order chi connectivity index (χ0) is 13.4. The number of thiophene rings is 1. The van der Waals surface area contributed by atoms with Crippen molar-refractivity contribution in [2.24, 2.45) is 0 Å². The van der Waals surface area contributed by atoms with E-state index < -0.39 is 0 Å². The summed E-state index contributed by atoms with van der Waals surface area (Å²) in [7, 11) is 2.08. The van der Waals surface area contributed by atoms with Gasteiger partial charge in [-0.1, -0.05) is 0 Å². The zero-order valence-electron chi connectivity index (χ0n) is 10.8. The number of benzene rings is 1. The smallest absolute Gasteiger partial charge is 0.261 e. The highest BCUT2D eigenvalue weighted by Crippen LogP contribution is 2.27. The number of nitrogens with one attached hydrogen (secondary N) is 1. The standard InChI is InChI=1S/C14H17N3OS/c1-17-5-4-11(8-17)16-14(18)13-7-9-6-10(15)2-3-12(9)19-13/h2-3,6-7,11H,4-5,8,15H2,1H3,(H,16,18). The van der Waals surface area contributed by atoms with Gasteiger partial charge >= 0.3 is 0 Å². The van der Waals surface area contributed by atoms with Crippen LogP contribution in [0.4, 0.5) is 5.69 Å². The summed E-state index contributed by atoms with van der Waals surface area (Å²) >= 11 is 1.52. The molecule has 1 aliphatic heterocycles. The van der Waals surface area contributed by atoms with Crippen LogP contribution >= 0.6 is 11.3 Å². The number of hydrogen-bond donors (Lipinski definition) is 2. The van der Waals surface area contributed by atoms with Gasteiger partial charge in [0.2, 0.25) is 0 Å². The topological polar surface area (TPSA) is 58.4 Å². The van der Waals surface area contributed by atoms with Crippen molar-refractivity contribution in [3.8, 4) is 0 Å². The van der Waals surface area contributed by atoms with Gasteiger partial charge in [0.25, 0.3) is 5.91 Å². The highest BCUT2D eigenvalue weighted by Gasteiger charge is 2.22. The first-order valence-electron chi connectivity index (χ1n) is 6.40. The largest absolute Gasteiger partial charge is 0.399 e. The maximum Gasteiger partial charge on any atom is 0.261 e. The summed E-state index contributed by atoms with van der Waals surface area (Å²) in [5.41, 5.74) is 6.49. The molecule has 1 amide bonds. The molecule has 100 valence electrons. The second-order valence-electron chi connectivity index (χ2n) is 5.13. The summed E-state index contributed by atoms with van der Waals surface area (Å²) in [5, 5.41) is 4.14. The second kappa shape index (κ2) is 4.83. The van der Waals surface area contributed by atoms with Crippen molar-refractivity contribution in [1.29, 1.82) is 0 Å². The van der Waals surface area contributed by atoms with Crippen molar-refractivity contribution in [3.05, 3.63) is 29.1 Å². The van der Waals surface area contributed by atoms with Gasteiger partial charge in [0, 0.05) is 23.0 Å². The minimum Gasteiger partial charge on any atom is -0.399 e. The number of amides is 1. The Balaban J connectivity index is 1.78. The van der Waals surface area contributed by atoms with Crippen LogP contribution in [-0.2, 0) is 0 Å². The molecule has 1 atom stereocenters. The average molecular weight is 275 g/mol. The number of likely N-dealkylation sites (tertiary alicyclic amines) is 1. The number of carbonyl (C=O) groups is 1. The molecule has 4 nitrogen and oxygen atoms in total. The number of nitrogens with two attached hydrogens (primary N) is 1. The van der Waals surface area contributed by atoms with Gasteiger partial charge in [-0.2, -0.15) is 0 Å². The lowest BCUT2D eigenvalue weighted by Crippen LogP contribution is -2.36. The van der Waals surface area contributed by atoms with Crippen LogP contribution in [0.25, 0.3) is 10.1 Å².